The molecular formula is C15H17N3O2. The van der Waals surface area contributed by atoms with E-state index in [0.717, 1.165) is 24.0 Å². The van der Waals surface area contributed by atoms with Gasteiger partial charge < -0.3 is 15.4 Å². The molecule has 3 rings (SSSR count). The minimum atomic E-state index is -0.162. The van der Waals surface area contributed by atoms with E-state index in [0.29, 0.717) is 18.8 Å². The molecule has 1 aromatic heterocycles. The average Bonchev–Trinajstić information content (AvgIpc) is 2.53. The minimum absolute atomic E-state index is 0.0353. The number of fused-ring (bicyclic) bond motifs is 1. The van der Waals surface area contributed by atoms with Gasteiger partial charge in [0.15, 0.2) is 0 Å². The second-order valence-corrected chi connectivity index (χ2v) is 4.80. The summed E-state index contributed by atoms with van der Waals surface area (Å²) < 4.78 is 5.54. The number of carbonyl (C=O) groups is 1. The van der Waals surface area contributed by atoms with Crippen LogP contribution in [0.3, 0.4) is 0 Å². The second kappa shape index (κ2) is 5.98. The van der Waals surface area contributed by atoms with Crippen LogP contribution >= 0.6 is 0 Å². The van der Waals surface area contributed by atoms with Gasteiger partial charge in [0.1, 0.15) is 5.69 Å². The van der Waals surface area contributed by atoms with E-state index in [2.05, 4.69) is 15.6 Å². The highest BCUT2D eigenvalue weighted by Crippen LogP contribution is 2.11. The maximum atomic E-state index is 12.1. The Morgan fingerprint density at radius 1 is 1.35 bits per heavy atom. The first-order valence-corrected chi connectivity index (χ1v) is 6.79. The lowest BCUT2D eigenvalue weighted by atomic mass is 10.2. The number of hydrogen-bond acceptors (Lipinski definition) is 4. The summed E-state index contributed by atoms with van der Waals surface area (Å²) in [6.45, 7) is 2.83. The average molecular weight is 271 g/mol. The molecule has 0 saturated carbocycles. The van der Waals surface area contributed by atoms with Crippen molar-refractivity contribution < 1.29 is 9.53 Å². The highest BCUT2D eigenvalue weighted by Gasteiger charge is 2.15. The molecule has 1 aliphatic heterocycles. The summed E-state index contributed by atoms with van der Waals surface area (Å²) in [4.78, 5) is 16.5. The van der Waals surface area contributed by atoms with E-state index in [1.165, 1.54) is 0 Å². The molecule has 1 amide bonds. The lowest BCUT2D eigenvalue weighted by Gasteiger charge is -2.23. The number of nitrogens with zero attached hydrogens (tertiary/aromatic N) is 1. The fourth-order valence-electron chi connectivity index (χ4n) is 2.24. The molecule has 0 aliphatic carbocycles. The SMILES string of the molecule is O=C(NCC1CNCCO1)c1ccc2ccccc2n1. The lowest BCUT2D eigenvalue weighted by Crippen LogP contribution is -2.45. The van der Waals surface area contributed by atoms with Gasteiger partial charge in [-0.25, -0.2) is 4.98 Å². The van der Waals surface area contributed by atoms with Crippen molar-refractivity contribution in [2.75, 3.05) is 26.2 Å². The molecule has 1 atom stereocenters. The van der Waals surface area contributed by atoms with E-state index in [-0.39, 0.29) is 12.0 Å². The van der Waals surface area contributed by atoms with Crippen LogP contribution < -0.4 is 10.6 Å². The van der Waals surface area contributed by atoms with Crippen molar-refractivity contribution in [3.05, 3.63) is 42.1 Å². The quantitative estimate of drug-likeness (QED) is 0.872. The number of hydrogen-bond donors (Lipinski definition) is 2. The van der Waals surface area contributed by atoms with E-state index in [4.69, 9.17) is 4.74 Å². The molecule has 2 aromatic rings. The predicted molar refractivity (Wildman–Crippen MR) is 76.7 cm³/mol. The van der Waals surface area contributed by atoms with E-state index >= 15 is 0 Å². The molecule has 0 radical (unpaired) electrons. The highest BCUT2D eigenvalue weighted by molar-refractivity contribution is 5.94. The zero-order valence-electron chi connectivity index (χ0n) is 11.1. The molecule has 1 fully saturated rings. The van der Waals surface area contributed by atoms with Crippen molar-refractivity contribution in [1.29, 1.82) is 0 Å². The van der Waals surface area contributed by atoms with Crippen LogP contribution in [0.1, 0.15) is 10.5 Å². The Morgan fingerprint density at radius 2 is 2.25 bits per heavy atom. The smallest absolute Gasteiger partial charge is 0.269 e. The predicted octanol–water partition coefficient (Wildman–Crippen LogP) is 0.953. The maximum absolute atomic E-state index is 12.1. The third-order valence-corrected chi connectivity index (χ3v) is 3.33. The normalized spacial score (nSPS) is 18.9. The summed E-state index contributed by atoms with van der Waals surface area (Å²) in [6.07, 6.45) is 0.0353. The van der Waals surface area contributed by atoms with Crippen LogP contribution in [0.5, 0.6) is 0 Å². The topological polar surface area (TPSA) is 63.2 Å². The first kappa shape index (κ1) is 13.0. The molecular weight excluding hydrogens is 254 g/mol. The molecule has 5 nitrogen and oxygen atoms in total. The Morgan fingerprint density at radius 3 is 3.10 bits per heavy atom. The van der Waals surface area contributed by atoms with Gasteiger partial charge in [-0.2, -0.15) is 0 Å². The van der Waals surface area contributed by atoms with Crippen LogP contribution in [-0.2, 0) is 4.74 Å². The van der Waals surface area contributed by atoms with Crippen molar-refractivity contribution in [2.24, 2.45) is 0 Å². The Kier molecular flexibility index (Phi) is 3.90. The molecule has 0 bridgehead atoms. The van der Waals surface area contributed by atoms with E-state index in [1.54, 1.807) is 6.07 Å². The van der Waals surface area contributed by atoms with Gasteiger partial charge >= 0.3 is 0 Å². The summed E-state index contributed by atoms with van der Waals surface area (Å²) in [5.41, 5.74) is 1.27. The van der Waals surface area contributed by atoms with Gasteiger partial charge in [0.05, 0.1) is 18.2 Å². The molecule has 1 aromatic carbocycles. The molecule has 0 spiro atoms. The monoisotopic (exact) mass is 271 g/mol. The Balaban J connectivity index is 1.65. The Bertz CT molecular complexity index is 609. The summed E-state index contributed by atoms with van der Waals surface area (Å²) in [5, 5.41) is 7.13. The first-order valence-electron chi connectivity index (χ1n) is 6.79. The molecule has 1 aliphatic rings. The number of para-hydroxylation sites is 1. The van der Waals surface area contributed by atoms with Crippen molar-refractivity contribution >= 4 is 16.8 Å². The maximum Gasteiger partial charge on any atom is 0.269 e. The number of pyridine rings is 1. The number of rotatable bonds is 3. The number of morpholine rings is 1. The molecule has 1 unspecified atom stereocenters. The number of benzene rings is 1. The zero-order chi connectivity index (χ0) is 13.8. The van der Waals surface area contributed by atoms with Crippen LogP contribution in [0, 0.1) is 0 Å². The number of amides is 1. The Hall–Kier alpha value is -1.98. The number of ether oxygens (including phenoxy) is 1. The fraction of sp³-hybridized carbons (Fsp3) is 0.333. The first-order chi connectivity index (χ1) is 9.83. The third kappa shape index (κ3) is 2.95. The van der Waals surface area contributed by atoms with Gasteiger partial charge in [0.25, 0.3) is 5.91 Å². The van der Waals surface area contributed by atoms with Crippen LogP contribution in [0.2, 0.25) is 0 Å². The van der Waals surface area contributed by atoms with E-state index < -0.39 is 0 Å². The summed E-state index contributed by atoms with van der Waals surface area (Å²) in [6, 6.07) is 11.4. The lowest BCUT2D eigenvalue weighted by molar-refractivity contribution is 0.0287. The van der Waals surface area contributed by atoms with Gasteiger partial charge in [-0.3, -0.25) is 4.79 Å². The van der Waals surface area contributed by atoms with Gasteiger partial charge in [-0.05, 0) is 12.1 Å². The summed E-state index contributed by atoms with van der Waals surface area (Å²) in [5.74, 6) is -0.162. The highest BCUT2D eigenvalue weighted by atomic mass is 16.5. The van der Waals surface area contributed by atoms with Crippen molar-refractivity contribution in [3.63, 3.8) is 0 Å². The minimum Gasteiger partial charge on any atom is -0.374 e. The standard InChI is InChI=1S/C15H17N3O2/c19-15(17-10-12-9-16-7-8-20-12)14-6-5-11-3-1-2-4-13(11)18-14/h1-6,12,16H,7-10H2,(H,17,19). The van der Waals surface area contributed by atoms with Crippen LogP contribution in [-0.4, -0.2) is 43.2 Å². The summed E-state index contributed by atoms with van der Waals surface area (Å²) in [7, 11) is 0. The van der Waals surface area contributed by atoms with Gasteiger partial charge in [-0.15, -0.1) is 0 Å². The molecule has 20 heavy (non-hydrogen) atoms. The van der Waals surface area contributed by atoms with Crippen LogP contribution in [0.15, 0.2) is 36.4 Å². The molecule has 2 N–H and O–H groups in total. The van der Waals surface area contributed by atoms with Gasteiger partial charge in [0.2, 0.25) is 0 Å². The largest absolute Gasteiger partial charge is 0.374 e. The number of carbonyl (C=O) groups excluding carboxylic acids is 1. The van der Waals surface area contributed by atoms with Crippen LogP contribution in [0.25, 0.3) is 10.9 Å². The second-order valence-electron chi connectivity index (χ2n) is 4.80. The third-order valence-electron chi connectivity index (χ3n) is 3.33. The molecule has 5 heteroatoms. The zero-order valence-corrected chi connectivity index (χ0v) is 11.1. The van der Waals surface area contributed by atoms with Crippen molar-refractivity contribution in [3.8, 4) is 0 Å². The van der Waals surface area contributed by atoms with Gasteiger partial charge in [0, 0.05) is 25.0 Å². The van der Waals surface area contributed by atoms with Crippen LogP contribution in [0.4, 0.5) is 0 Å². The molecule has 1 saturated heterocycles. The molecule has 2 heterocycles. The van der Waals surface area contributed by atoms with Gasteiger partial charge in [-0.1, -0.05) is 24.3 Å². The number of aromatic nitrogens is 1. The summed E-state index contributed by atoms with van der Waals surface area (Å²) >= 11 is 0. The van der Waals surface area contributed by atoms with E-state index in [9.17, 15) is 4.79 Å². The van der Waals surface area contributed by atoms with Crippen molar-refractivity contribution in [2.45, 2.75) is 6.10 Å². The fourth-order valence-corrected chi connectivity index (χ4v) is 2.24. The van der Waals surface area contributed by atoms with Crippen molar-refractivity contribution in [1.82, 2.24) is 15.6 Å². The Labute approximate surface area is 117 Å². The van der Waals surface area contributed by atoms with E-state index in [1.807, 2.05) is 30.3 Å². The molecule has 104 valence electrons. The number of nitrogens with one attached hydrogen (secondary N) is 2.